The van der Waals surface area contributed by atoms with Crippen molar-refractivity contribution >= 4 is 6.08 Å². The van der Waals surface area contributed by atoms with Crippen LogP contribution in [0.25, 0.3) is 6.08 Å². The summed E-state index contributed by atoms with van der Waals surface area (Å²) in [5.41, 5.74) is 17.6. The van der Waals surface area contributed by atoms with Gasteiger partial charge in [-0.1, -0.05) is 36.4 Å². The van der Waals surface area contributed by atoms with Gasteiger partial charge in [-0.3, -0.25) is 4.90 Å². The highest BCUT2D eigenvalue weighted by molar-refractivity contribution is 5.66. The number of methoxy groups -OCH3 is 2. The van der Waals surface area contributed by atoms with Gasteiger partial charge in [-0.15, -0.1) is 0 Å². The molecule has 0 amide bonds. The van der Waals surface area contributed by atoms with Crippen LogP contribution in [0.4, 0.5) is 0 Å². The molecule has 0 saturated heterocycles. The molecule has 0 bridgehead atoms. The fourth-order valence-corrected chi connectivity index (χ4v) is 4.45. The topological polar surface area (TPSA) is 83.0 Å². The summed E-state index contributed by atoms with van der Waals surface area (Å²) < 4.78 is 17.4. The molecule has 4 N–H and O–H groups in total. The van der Waals surface area contributed by atoms with Crippen LogP contribution in [0.3, 0.4) is 0 Å². The van der Waals surface area contributed by atoms with Gasteiger partial charge in [0.2, 0.25) is 0 Å². The van der Waals surface area contributed by atoms with E-state index in [2.05, 4.69) is 24.1 Å². The molecule has 2 aromatic rings. The third-order valence-electron chi connectivity index (χ3n) is 5.83. The predicted molar refractivity (Wildman–Crippen MR) is 123 cm³/mol. The first-order valence-electron chi connectivity index (χ1n) is 10.3. The molecule has 0 fully saturated rings. The molecule has 162 valence electrons. The molecule has 2 aliphatic heterocycles. The zero-order valence-corrected chi connectivity index (χ0v) is 18.2. The van der Waals surface area contributed by atoms with Gasteiger partial charge in [0.15, 0.2) is 5.88 Å². The first-order valence-corrected chi connectivity index (χ1v) is 10.3. The molecule has 2 heterocycles. The van der Waals surface area contributed by atoms with E-state index in [0.29, 0.717) is 12.4 Å². The highest BCUT2D eigenvalue weighted by atomic mass is 16.5. The van der Waals surface area contributed by atoms with Crippen molar-refractivity contribution in [3.05, 3.63) is 88.0 Å². The first kappa shape index (κ1) is 21.0. The van der Waals surface area contributed by atoms with Gasteiger partial charge in [-0.25, -0.2) is 0 Å². The van der Waals surface area contributed by atoms with Crippen molar-refractivity contribution in [1.29, 1.82) is 0 Å². The number of rotatable bonds is 5. The smallest absolute Gasteiger partial charge is 0.192 e. The third kappa shape index (κ3) is 3.92. The summed E-state index contributed by atoms with van der Waals surface area (Å²) >= 11 is 0. The molecule has 0 aliphatic carbocycles. The minimum absolute atomic E-state index is 0.103. The van der Waals surface area contributed by atoms with Crippen molar-refractivity contribution in [3.8, 4) is 11.5 Å². The van der Waals surface area contributed by atoms with E-state index < -0.39 is 0 Å². The van der Waals surface area contributed by atoms with Crippen LogP contribution < -0.4 is 20.9 Å². The van der Waals surface area contributed by atoms with E-state index in [1.165, 1.54) is 0 Å². The van der Waals surface area contributed by atoms with Crippen molar-refractivity contribution in [1.82, 2.24) is 4.90 Å². The molecule has 2 aromatic carbocycles. The molecule has 0 radical (unpaired) electrons. The summed E-state index contributed by atoms with van der Waals surface area (Å²) in [6, 6.07) is 16.0. The fraction of sp³-hybridized carbons (Fsp3) is 0.280. The van der Waals surface area contributed by atoms with Crippen molar-refractivity contribution in [2.45, 2.75) is 5.92 Å². The minimum Gasteiger partial charge on any atom is -0.496 e. The lowest BCUT2D eigenvalue weighted by Gasteiger charge is -2.38. The normalized spacial score (nSPS) is 20.5. The van der Waals surface area contributed by atoms with Gasteiger partial charge < -0.3 is 25.7 Å². The summed E-state index contributed by atoms with van der Waals surface area (Å²) in [5, 5.41) is 0. The maximum atomic E-state index is 6.40. The van der Waals surface area contributed by atoms with E-state index in [4.69, 9.17) is 25.7 Å². The highest BCUT2D eigenvalue weighted by Gasteiger charge is 2.37. The number of likely N-dealkylation sites (N-methyl/N-ethyl adjacent to an activating group) is 1. The van der Waals surface area contributed by atoms with Crippen LogP contribution in [-0.2, 0) is 4.74 Å². The van der Waals surface area contributed by atoms with Crippen molar-refractivity contribution < 1.29 is 14.2 Å². The van der Waals surface area contributed by atoms with Crippen molar-refractivity contribution in [2.24, 2.45) is 11.5 Å². The molecule has 6 nitrogen and oxygen atoms in total. The minimum atomic E-state index is -0.103. The molecule has 0 saturated carbocycles. The van der Waals surface area contributed by atoms with E-state index in [1.807, 2.05) is 42.5 Å². The van der Waals surface area contributed by atoms with Crippen LogP contribution in [0.15, 0.2) is 76.9 Å². The number of ether oxygens (including phenoxy) is 3. The number of nitrogens with zero attached hydrogens (tertiary/aromatic N) is 1. The Kier molecular flexibility index (Phi) is 6.02. The Hall–Kier alpha value is -3.22. The summed E-state index contributed by atoms with van der Waals surface area (Å²) in [7, 11) is 5.46. The van der Waals surface area contributed by atoms with Crippen LogP contribution in [0.1, 0.15) is 17.0 Å². The average molecular weight is 420 g/mol. The van der Waals surface area contributed by atoms with E-state index in [9.17, 15) is 0 Å². The van der Waals surface area contributed by atoms with Gasteiger partial charge >= 0.3 is 0 Å². The van der Waals surface area contributed by atoms with Crippen LogP contribution >= 0.6 is 0 Å². The predicted octanol–water partition coefficient (Wildman–Crippen LogP) is 3.23. The molecule has 6 heteroatoms. The number of hydrogen-bond donors (Lipinski definition) is 2. The van der Waals surface area contributed by atoms with Crippen LogP contribution in [-0.4, -0.2) is 45.8 Å². The molecular weight excluding hydrogens is 390 g/mol. The monoisotopic (exact) mass is 419 g/mol. The Labute approximate surface area is 183 Å². The lowest BCUT2D eigenvalue weighted by molar-refractivity contribution is 0.247. The standard InChI is InChI=1S/C25H29N3O3/c1-28-14-17(12-16-8-4-6-10-21(16)29-2)24-20(15-28)23(19(13-26)25(27)31-24)18-9-5-7-11-22(18)30-3/h4-12,23H,13-15,26-27H2,1-3H3/b17-12+. The second kappa shape index (κ2) is 8.88. The molecule has 4 rings (SSSR count). The third-order valence-corrected chi connectivity index (χ3v) is 5.83. The van der Waals surface area contributed by atoms with Crippen molar-refractivity contribution in [2.75, 3.05) is 40.9 Å². The fourth-order valence-electron chi connectivity index (χ4n) is 4.45. The lowest BCUT2D eigenvalue weighted by atomic mass is 9.79. The zero-order valence-electron chi connectivity index (χ0n) is 18.2. The highest BCUT2D eigenvalue weighted by Crippen LogP contribution is 2.45. The van der Waals surface area contributed by atoms with E-state index in [1.54, 1.807) is 14.2 Å². The summed E-state index contributed by atoms with van der Waals surface area (Å²) in [4.78, 5) is 2.27. The molecular formula is C25H29N3O3. The maximum Gasteiger partial charge on any atom is 0.192 e. The second-order valence-electron chi connectivity index (χ2n) is 7.81. The Morgan fingerprint density at radius 1 is 1.03 bits per heavy atom. The summed E-state index contributed by atoms with van der Waals surface area (Å²) in [6.45, 7) is 1.79. The number of nitrogens with two attached hydrogens (primary N) is 2. The summed E-state index contributed by atoms with van der Waals surface area (Å²) in [6.07, 6.45) is 2.11. The quantitative estimate of drug-likeness (QED) is 0.774. The van der Waals surface area contributed by atoms with E-state index >= 15 is 0 Å². The number of para-hydroxylation sites is 2. The average Bonchev–Trinajstić information content (AvgIpc) is 2.79. The Balaban J connectivity index is 1.90. The molecule has 2 aliphatic rings. The number of benzene rings is 2. The Bertz CT molecular complexity index is 1070. The zero-order chi connectivity index (χ0) is 22.0. The van der Waals surface area contributed by atoms with Gasteiger partial charge in [0.25, 0.3) is 0 Å². The largest absolute Gasteiger partial charge is 0.496 e. The molecule has 0 aromatic heterocycles. The van der Waals surface area contributed by atoms with E-state index in [-0.39, 0.29) is 5.92 Å². The van der Waals surface area contributed by atoms with Crippen molar-refractivity contribution in [3.63, 3.8) is 0 Å². The van der Waals surface area contributed by atoms with Gasteiger partial charge in [0, 0.05) is 47.8 Å². The second-order valence-corrected chi connectivity index (χ2v) is 7.81. The molecule has 1 unspecified atom stereocenters. The van der Waals surface area contributed by atoms with Crippen LogP contribution in [0.5, 0.6) is 11.5 Å². The SMILES string of the molecule is COc1ccccc1/C=C1\CN(C)CC2=C1OC(N)=C(CN)C2c1ccccc1OC. The van der Waals surface area contributed by atoms with Gasteiger partial charge in [0.05, 0.1) is 14.2 Å². The van der Waals surface area contributed by atoms with Crippen LogP contribution in [0, 0.1) is 0 Å². The Morgan fingerprint density at radius 2 is 1.71 bits per heavy atom. The first-order chi connectivity index (χ1) is 15.1. The number of hydrogen-bond acceptors (Lipinski definition) is 6. The van der Waals surface area contributed by atoms with Crippen LogP contribution in [0.2, 0.25) is 0 Å². The molecule has 0 spiro atoms. The van der Waals surface area contributed by atoms with Gasteiger partial charge in [-0.2, -0.15) is 0 Å². The Morgan fingerprint density at radius 3 is 2.42 bits per heavy atom. The summed E-state index contributed by atoms with van der Waals surface area (Å²) in [5.74, 6) is 2.70. The van der Waals surface area contributed by atoms with E-state index in [0.717, 1.165) is 58.2 Å². The van der Waals surface area contributed by atoms with Gasteiger partial charge in [-0.05, 0) is 30.8 Å². The van der Waals surface area contributed by atoms with Gasteiger partial charge in [0.1, 0.15) is 17.3 Å². The molecule has 1 atom stereocenters. The maximum absolute atomic E-state index is 6.40. The lowest BCUT2D eigenvalue weighted by Crippen LogP contribution is -2.37. The molecule has 31 heavy (non-hydrogen) atoms.